The molecule has 0 aromatic carbocycles. The van der Waals surface area contributed by atoms with E-state index in [2.05, 4.69) is 26.7 Å². The van der Waals surface area contributed by atoms with Crippen molar-refractivity contribution in [3.8, 4) is 0 Å². The standard InChI is InChI=1S/C14H13ClN4S/c1-19-7-6-17-14(19)13(11-3-2-8-20-11)18-10-4-5-16-12(15)9-10/h2-9,13H,1H3,(H,16,18). The number of nitrogens with one attached hydrogen (secondary N) is 1. The van der Waals surface area contributed by atoms with Gasteiger partial charge in [0, 0.05) is 36.2 Å². The van der Waals surface area contributed by atoms with Crippen LogP contribution in [0.25, 0.3) is 0 Å². The van der Waals surface area contributed by atoms with E-state index in [1.54, 1.807) is 23.7 Å². The van der Waals surface area contributed by atoms with Gasteiger partial charge in [-0.15, -0.1) is 11.3 Å². The summed E-state index contributed by atoms with van der Waals surface area (Å²) in [6.07, 6.45) is 5.43. The molecule has 3 aromatic heterocycles. The Bertz CT molecular complexity index is 693. The fourth-order valence-electron chi connectivity index (χ4n) is 2.03. The van der Waals surface area contributed by atoms with Gasteiger partial charge in [-0.2, -0.15) is 0 Å². The molecule has 0 aliphatic heterocycles. The average Bonchev–Trinajstić information content (AvgIpc) is 3.07. The molecule has 6 heteroatoms. The predicted octanol–water partition coefficient (Wildman–Crippen LogP) is 3.73. The van der Waals surface area contributed by atoms with Crippen LogP contribution in [0, 0.1) is 0 Å². The van der Waals surface area contributed by atoms with Crippen molar-refractivity contribution in [3.63, 3.8) is 0 Å². The number of aryl methyl sites for hydroxylation is 1. The van der Waals surface area contributed by atoms with Crippen molar-refractivity contribution in [2.24, 2.45) is 7.05 Å². The molecule has 1 N–H and O–H groups in total. The molecule has 0 saturated carbocycles. The lowest BCUT2D eigenvalue weighted by atomic mass is 10.2. The Kier molecular flexibility index (Phi) is 3.71. The van der Waals surface area contributed by atoms with E-state index in [9.17, 15) is 0 Å². The summed E-state index contributed by atoms with van der Waals surface area (Å²) in [5.74, 6) is 0.959. The van der Waals surface area contributed by atoms with Gasteiger partial charge >= 0.3 is 0 Å². The van der Waals surface area contributed by atoms with E-state index in [0.717, 1.165) is 11.5 Å². The van der Waals surface area contributed by atoms with Crippen LogP contribution in [0.2, 0.25) is 5.15 Å². The summed E-state index contributed by atoms with van der Waals surface area (Å²) < 4.78 is 2.01. The van der Waals surface area contributed by atoms with Gasteiger partial charge in [0.25, 0.3) is 0 Å². The lowest BCUT2D eigenvalue weighted by Crippen LogP contribution is -2.15. The summed E-state index contributed by atoms with van der Waals surface area (Å²) in [7, 11) is 1.99. The van der Waals surface area contributed by atoms with Crippen molar-refractivity contribution in [1.82, 2.24) is 14.5 Å². The Morgan fingerprint density at radius 3 is 2.85 bits per heavy atom. The summed E-state index contributed by atoms with van der Waals surface area (Å²) in [6, 6.07) is 7.84. The first-order valence-corrected chi connectivity index (χ1v) is 7.38. The molecule has 4 nitrogen and oxygen atoms in total. The minimum absolute atomic E-state index is 0.00605. The van der Waals surface area contributed by atoms with E-state index in [-0.39, 0.29) is 6.04 Å². The maximum Gasteiger partial charge on any atom is 0.136 e. The first-order chi connectivity index (χ1) is 9.74. The van der Waals surface area contributed by atoms with Crippen molar-refractivity contribution in [2.75, 3.05) is 5.32 Å². The van der Waals surface area contributed by atoms with Gasteiger partial charge < -0.3 is 9.88 Å². The maximum absolute atomic E-state index is 5.94. The number of anilines is 1. The van der Waals surface area contributed by atoms with Crippen LogP contribution in [-0.4, -0.2) is 14.5 Å². The monoisotopic (exact) mass is 304 g/mol. The van der Waals surface area contributed by atoms with Crippen LogP contribution in [0.4, 0.5) is 5.69 Å². The number of aromatic nitrogens is 3. The Balaban J connectivity index is 1.97. The van der Waals surface area contributed by atoms with E-state index < -0.39 is 0 Å². The normalized spacial score (nSPS) is 12.3. The number of imidazole rings is 1. The molecule has 0 saturated heterocycles. The van der Waals surface area contributed by atoms with Crippen LogP contribution in [0.3, 0.4) is 0 Å². The second-order valence-electron chi connectivity index (χ2n) is 4.36. The molecule has 1 atom stereocenters. The lowest BCUT2D eigenvalue weighted by Gasteiger charge is -2.18. The molecule has 0 amide bonds. The van der Waals surface area contributed by atoms with Crippen LogP contribution in [0.15, 0.2) is 48.2 Å². The van der Waals surface area contributed by atoms with Gasteiger partial charge in [0.15, 0.2) is 0 Å². The van der Waals surface area contributed by atoms with Crippen LogP contribution < -0.4 is 5.32 Å². The summed E-state index contributed by atoms with van der Waals surface area (Å²) in [4.78, 5) is 9.65. The van der Waals surface area contributed by atoms with Crippen molar-refractivity contribution in [2.45, 2.75) is 6.04 Å². The van der Waals surface area contributed by atoms with E-state index in [0.29, 0.717) is 5.15 Å². The second kappa shape index (κ2) is 5.64. The van der Waals surface area contributed by atoms with Gasteiger partial charge in [0.2, 0.25) is 0 Å². The van der Waals surface area contributed by atoms with E-state index >= 15 is 0 Å². The highest BCUT2D eigenvalue weighted by Crippen LogP contribution is 2.29. The number of hydrogen-bond acceptors (Lipinski definition) is 4. The van der Waals surface area contributed by atoms with Crippen LogP contribution in [-0.2, 0) is 7.05 Å². The zero-order valence-electron chi connectivity index (χ0n) is 10.8. The third kappa shape index (κ3) is 2.69. The number of thiophene rings is 1. The average molecular weight is 305 g/mol. The fourth-order valence-corrected chi connectivity index (χ4v) is 2.98. The van der Waals surface area contributed by atoms with Crippen molar-refractivity contribution >= 4 is 28.6 Å². The summed E-state index contributed by atoms with van der Waals surface area (Å²) >= 11 is 7.64. The van der Waals surface area contributed by atoms with Gasteiger partial charge in [-0.1, -0.05) is 17.7 Å². The van der Waals surface area contributed by atoms with Crippen LogP contribution in [0.1, 0.15) is 16.7 Å². The van der Waals surface area contributed by atoms with E-state index in [1.165, 1.54) is 4.88 Å². The molecule has 0 aliphatic rings. The first kappa shape index (κ1) is 13.1. The van der Waals surface area contributed by atoms with Gasteiger partial charge in [0.1, 0.15) is 17.0 Å². The highest BCUT2D eigenvalue weighted by molar-refractivity contribution is 7.10. The molecule has 1 unspecified atom stereocenters. The van der Waals surface area contributed by atoms with Crippen molar-refractivity contribution in [3.05, 3.63) is 64.1 Å². The Morgan fingerprint density at radius 2 is 2.20 bits per heavy atom. The fraction of sp³-hybridized carbons (Fsp3) is 0.143. The van der Waals surface area contributed by atoms with Gasteiger partial charge in [-0.05, 0) is 23.6 Å². The van der Waals surface area contributed by atoms with Crippen LogP contribution >= 0.6 is 22.9 Å². The minimum Gasteiger partial charge on any atom is -0.371 e. The molecule has 3 heterocycles. The molecular formula is C14H13ClN4S. The third-order valence-electron chi connectivity index (χ3n) is 2.98. The molecule has 0 fully saturated rings. The van der Waals surface area contributed by atoms with E-state index in [1.807, 2.05) is 36.0 Å². The van der Waals surface area contributed by atoms with Gasteiger partial charge in [-0.25, -0.2) is 9.97 Å². The molecular weight excluding hydrogens is 292 g/mol. The largest absolute Gasteiger partial charge is 0.371 e. The molecule has 20 heavy (non-hydrogen) atoms. The Labute approximate surface area is 126 Å². The second-order valence-corrected chi connectivity index (χ2v) is 5.72. The Morgan fingerprint density at radius 1 is 1.30 bits per heavy atom. The minimum atomic E-state index is -0.00605. The topological polar surface area (TPSA) is 42.7 Å². The molecule has 0 spiro atoms. The third-order valence-corrected chi connectivity index (χ3v) is 4.13. The zero-order valence-corrected chi connectivity index (χ0v) is 12.4. The maximum atomic E-state index is 5.94. The highest BCUT2D eigenvalue weighted by atomic mass is 35.5. The van der Waals surface area contributed by atoms with Crippen LogP contribution in [0.5, 0.6) is 0 Å². The molecule has 3 rings (SSSR count). The first-order valence-electron chi connectivity index (χ1n) is 6.13. The van der Waals surface area contributed by atoms with E-state index in [4.69, 9.17) is 11.6 Å². The smallest absolute Gasteiger partial charge is 0.136 e. The van der Waals surface area contributed by atoms with Gasteiger partial charge in [-0.3, -0.25) is 0 Å². The van der Waals surface area contributed by atoms with Crippen molar-refractivity contribution < 1.29 is 0 Å². The molecule has 102 valence electrons. The predicted molar refractivity (Wildman–Crippen MR) is 82.2 cm³/mol. The number of hydrogen-bond donors (Lipinski definition) is 1. The number of rotatable bonds is 4. The molecule has 0 aliphatic carbocycles. The molecule has 3 aromatic rings. The molecule has 0 bridgehead atoms. The SMILES string of the molecule is Cn1ccnc1C(Nc1ccnc(Cl)c1)c1cccs1. The highest BCUT2D eigenvalue weighted by Gasteiger charge is 2.19. The quantitative estimate of drug-likeness (QED) is 0.747. The summed E-state index contributed by atoms with van der Waals surface area (Å²) in [5.41, 5.74) is 0.923. The molecule has 0 radical (unpaired) electrons. The number of halogens is 1. The lowest BCUT2D eigenvalue weighted by molar-refractivity contribution is 0.756. The summed E-state index contributed by atoms with van der Waals surface area (Å²) in [5, 5.41) is 6.00. The Hall–Kier alpha value is -1.85. The number of pyridine rings is 1. The van der Waals surface area contributed by atoms with Gasteiger partial charge in [0.05, 0.1) is 0 Å². The zero-order chi connectivity index (χ0) is 13.9. The number of nitrogens with zero attached hydrogens (tertiary/aromatic N) is 3. The van der Waals surface area contributed by atoms with Crippen molar-refractivity contribution in [1.29, 1.82) is 0 Å². The summed E-state index contributed by atoms with van der Waals surface area (Å²) in [6.45, 7) is 0.